The fourth-order valence-corrected chi connectivity index (χ4v) is 1.92. The van der Waals surface area contributed by atoms with Gasteiger partial charge in [0, 0.05) is 16.6 Å². The van der Waals surface area contributed by atoms with Crippen molar-refractivity contribution >= 4 is 27.8 Å². The molecule has 2 aromatic rings. The molecule has 0 fully saturated rings. The van der Waals surface area contributed by atoms with Crippen LogP contribution in [0.1, 0.15) is 26.3 Å². The highest BCUT2D eigenvalue weighted by Crippen LogP contribution is 2.10. The Hall–Kier alpha value is -2.14. The Morgan fingerprint density at radius 3 is 2.05 bits per heavy atom. The fourth-order valence-electron chi connectivity index (χ4n) is 1.65. The molecule has 0 aromatic heterocycles. The molecule has 4 nitrogen and oxygen atoms in total. The van der Waals surface area contributed by atoms with E-state index in [-0.39, 0.29) is 11.5 Å². The van der Waals surface area contributed by atoms with E-state index in [0.29, 0.717) is 12.1 Å². The number of carbonyl (C=O) groups excluding carboxylic acids is 1. The second-order valence-corrected chi connectivity index (χ2v) is 5.11. The van der Waals surface area contributed by atoms with Crippen molar-refractivity contribution in [3.05, 3.63) is 69.7 Å². The first-order chi connectivity index (χ1) is 9.56. The van der Waals surface area contributed by atoms with Gasteiger partial charge in [-0.1, -0.05) is 28.1 Å². The van der Waals surface area contributed by atoms with E-state index in [1.165, 1.54) is 24.3 Å². The molecule has 0 saturated heterocycles. The zero-order chi connectivity index (χ0) is 14.5. The van der Waals surface area contributed by atoms with Crippen LogP contribution in [0.15, 0.2) is 53.0 Å². The van der Waals surface area contributed by atoms with Crippen molar-refractivity contribution in [2.24, 2.45) is 0 Å². The number of carboxylic acids is 1. The van der Waals surface area contributed by atoms with Crippen molar-refractivity contribution in [3.8, 4) is 0 Å². The van der Waals surface area contributed by atoms with E-state index in [4.69, 9.17) is 5.11 Å². The minimum atomic E-state index is -1.01. The third-order valence-corrected chi connectivity index (χ3v) is 3.29. The average molecular weight is 334 g/mol. The second-order valence-electron chi connectivity index (χ2n) is 4.19. The van der Waals surface area contributed by atoms with E-state index in [1.54, 1.807) is 0 Å². The summed E-state index contributed by atoms with van der Waals surface area (Å²) in [7, 11) is 0. The molecular formula is C15H12BrNO3. The first kappa shape index (κ1) is 14.3. The Kier molecular flexibility index (Phi) is 4.53. The summed E-state index contributed by atoms with van der Waals surface area (Å²) in [6.45, 7) is 0.423. The maximum atomic E-state index is 11.9. The minimum absolute atomic E-state index is 0.162. The summed E-state index contributed by atoms with van der Waals surface area (Å²) in [6.07, 6.45) is 0. The molecule has 5 heteroatoms. The summed E-state index contributed by atoms with van der Waals surface area (Å²) in [4.78, 5) is 22.6. The average Bonchev–Trinajstić information content (AvgIpc) is 2.46. The molecule has 20 heavy (non-hydrogen) atoms. The highest BCUT2D eigenvalue weighted by atomic mass is 79.9. The van der Waals surface area contributed by atoms with Crippen molar-refractivity contribution < 1.29 is 14.7 Å². The highest BCUT2D eigenvalue weighted by Gasteiger charge is 2.07. The van der Waals surface area contributed by atoms with Gasteiger partial charge in [0.25, 0.3) is 5.91 Å². The topological polar surface area (TPSA) is 66.4 Å². The van der Waals surface area contributed by atoms with E-state index in [0.717, 1.165) is 10.0 Å². The standard InChI is InChI=1S/C15H12BrNO3/c16-13-7-1-10(2-8-13)9-17-14(18)11-3-5-12(6-4-11)15(19)20/h1-8H,9H2,(H,17,18)(H,19,20). The van der Waals surface area contributed by atoms with Crippen molar-refractivity contribution in [1.29, 1.82) is 0 Å². The zero-order valence-corrected chi connectivity index (χ0v) is 12.1. The molecule has 2 N–H and O–H groups in total. The third kappa shape index (κ3) is 3.68. The van der Waals surface area contributed by atoms with Crippen LogP contribution in [0.4, 0.5) is 0 Å². The first-order valence-corrected chi connectivity index (χ1v) is 6.71. The van der Waals surface area contributed by atoms with Gasteiger partial charge in [-0.15, -0.1) is 0 Å². The van der Waals surface area contributed by atoms with E-state index in [1.807, 2.05) is 24.3 Å². The molecular weight excluding hydrogens is 322 g/mol. The molecule has 2 aromatic carbocycles. The molecule has 102 valence electrons. The molecule has 0 radical (unpaired) electrons. The van der Waals surface area contributed by atoms with Gasteiger partial charge >= 0.3 is 5.97 Å². The van der Waals surface area contributed by atoms with E-state index in [9.17, 15) is 9.59 Å². The van der Waals surface area contributed by atoms with Gasteiger partial charge in [-0.2, -0.15) is 0 Å². The van der Waals surface area contributed by atoms with Crippen LogP contribution in [0.3, 0.4) is 0 Å². The van der Waals surface area contributed by atoms with Gasteiger partial charge < -0.3 is 10.4 Å². The van der Waals surface area contributed by atoms with Gasteiger partial charge in [-0.25, -0.2) is 4.79 Å². The number of aromatic carboxylic acids is 1. The van der Waals surface area contributed by atoms with Gasteiger partial charge in [0.2, 0.25) is 0 Å². The third-order valence-electron chi connectivity index (χ3n) is 2.76. The monoisotopic (exact) mass is 333 g/mol. The Balaban J connectivity index is 1.97. The molecule has 1 amide bonds. The van der Waals surface area contributed by atoms with Crippen molar-refractivity contribution in [1.82, 2.24) is 5.32 Å². The number of halogens is 1. The molecule has 0 unspecified atom stereocenters. The normalized spacial score (nSPS) is 10.1. The molecule has 0 aliphatic rings. The minimum Gasteiger partial charge on any atom is -0.478 e. The predicted octanol–water partition coefficient (Wildman–Crippen LogP) is 3.08. The van der Waals surface area contributed by atoms with Crippen molar-refractivity contribution in [2.75, 3.05) is 0 Å². The lowest BCUT2D eigenvalue weighted by Gasteiger charge is -2.06. The van der Waals surface area contributed by atoms with Gasteiger partial charge in [0.1, 0.15) is 0 Å². The lowest BCUT2D eigenvalue weighted by Crippen LogP contribution is -2.22. The molecule has 0 saturated carbocycles. The quantitative estimate of drug-likeness (QED) is 0.903. The Morgan fingerprint density at radius 2 is 1.50 bits per heavy atom. The lowest BCUT2D eigenvalue weighted by molar-refractivity contribution is 0.0696. The van der Waals surface area contributed by atoms with E-state index >= 15 is 0 Å². The van der Waals surface area contributed by atoms with Gasteiger partial charge in [0.05, 0.1) is 5.56 Å². The maximum Gasteiger partial charge on any atom is 0.335 e. The summed E-state index contributed by atoms with van der Waals surface area (Å²) < 4.78 is 0.983. The molecule has 0 atom stereocenters. The first-order valence-electron chi connectivity index (χ1n) is 5.92. The number of rotatable bonds is 4. The summed E-state index contributed by atoms with van der Waals surface area (Å²) in [5, 5.41) is 11.6. The summed E-state index contributed by atoms with van der Waals surface area (Å²) in [6, 6.07) is 13.5. The van der Waals surface area contributed by atoms with Crippen LogP contribution in [0.5, 0.6) is 0 Å². The molecule has 0 bridgehead atoms. The van der Waals surface area contributed by atoms with Gasteiger partial charge in [-0.05, 0) is 42.0 Å². The van der Waals surface area contributed by atoms with Crippen LogP contribution < -0.4 is 5.32 Å². The summed E-state index contributed by atoms with van der Waals surface area (Å²) in [5.41, 5.74) is 1.59. The Labute approximate surface area is 124 Å². The highest BCUT2D eigenvalue weighted by molar-refractivity contribution is 9.10. The molecule has 0 aliphatic carbocycles. The smallest absolute Gasteiger partial charge is 0.335 e. The van der Waals surface area contributed by atoms with Gasteiger partial charge in [0.15, 0.2) is 0 Å². The number of amides is 1. The van der Waals surface area contributed by atoms with Crippen LogP contribution in [0, 0.1) is 0 Å². The number of hydrogen-bond donors (Lipinski definition) is 2. The van der Waals surface area contributed by atoms with E-state index in [2.05, 4.69) is 21.2 Å². The van der Waals surface area contributed by atoms with E-state index < -0.39 is 5.97 Å². The Morgan fingerprint density at radius 1 is 0.950 bits per heavy atom. The van der Waals surface area contributed by atoms with Crippen LogP contribution >= 0.6 is 15.9 Å². The van der Waals surface area contributed by atoms with Gasteiger partial charge in [-0.3, -0.25) is 4.79 Å². The number of benzene rings is 2. The largest absolute Gasteiger partial charge is 0.478 e. The predicted molar refractivity (Wildman–Crippen MR) is 78.7 cm³/mol. The zero-order valence-electron chi connectivity index (χ0n) is 10.5. The second kappa shape index (κ2) is 6.34. The summed E-state index contributed by atoms with van der Waals surface area (Å²) >= 11 is 3.35. The maximum absolute atomic E-state index is 11.9. The number of nitrogens with one attached hydrogen (secondary N) is 1. The molecule has 0 aliphatic heterocycles. The van der Waals surface area contributed by atoms with Crippen molar-refractivity contribution in [2.45, 2.75) is 6.54 Å². The number of carbonyl (C=O) groups is 2. The van der Waals surface area contributed by atoms with Crippen LogP contribution in [0.25, 0.3) is 0 Å². The van der Waals surface area contributed by atoms with Crippen LogP contribution in [0.2, 0.25) is 0 Å². The van der Waals surface area contributed by atoms with Crippen molar-refractivity contribution in [3.63, 3.8) is 0 Å². The molecule has 0 heterocycles. The SMILES string of the molecule is O=C(O)c1ccc(C(=O)NCc2ccc(Br)cc2)cc1. The number of carboxylic acid groups (broad SMARTS) is 1. The lowest BCUT2D eigenvalue weighted by atomic mass is 10.1. The molecule has 0 spiro atoms. The van der Waals surface area contributed by atoms with Crippen LogP contribution in [-0.4, -0.2) is 17.0 Å². The number of hydrogen-bond acceptors (Lipinski definition) is 2. The van der Waals surface area contributed by atoms with Crippen LogP contribution in [-0.2, 0) is 6.54 Å². The molecule has 2 rings (SSSR count). The summed E-state index contributed by atoms with van der Waals surface area (Å²) in [5.74, 6) is -1.24. The Bertz CT molecular complexity index is 621. The fraction of sp³-hybridized carbons (Fsp3) is 0.0667.